The smallest absolute Gasteiger partial charge is 0.244 e. The van der Waals surface area contributed by atoms with Crippen molar-refractivity contribution in [2.24, 2.45) is 5.92 Å². The van der Waals surface area contributed by atoms with Crippen LogP contribution in [-0.4, -0.2) is 50.5 Å². The van der Waals surface area contributed by atoms with E-state index in [4.69, 9.17) is 23.2 Å². The first-order chi connectivity index (χ1) is 19.3. The average molecular weight is 619 g/mol. The standard InChI is InChI=1S/C31H37Cl2N3O4S/c1-21(2)18-34-31(38)29(17-24-9-7-6-8-10-24)35(19-25-12-13-26(32)27(33)16-25)30(37)20-36(41(5,39)40)28-14-11-22(3)15-23(28)4/h6-16,21,29H,17-20H2,1-5H3,(H,34,38)/t29-/m0/s1. The maximum absolute atomic E-state index is 14.2. The lowest BCUT2D eigenvalue weighted by molar-refractivity contribution is -0.140. The van der Waals surface area contributed by atoms with Crippen LogP contribution in [0, 0.1) is 19.8 Å². The first-order valence-corrected chi connectivity index (χ1v) is 16.0. The second kappa shape index (κ2) is 14.2. The number of halogens is 2. The molecule has 1 atom stereocenters. The number of anilines is 1. The van der Waals surface area contributed by atoms with Gasteiger partial charge >= 0.3 is 0 Å². The molecule has 3 aromatic carbocycles. The Balaban J connectivity index is 2.08. The number of hydrogen-bond donors (Lipinski definition) is 1. The maximum atomic E-state index is 14.2. The Morgan fingerprint density at radius 1 is 0.902 bits per heavy atom. The minimum absolute atomic E-state index is 0.0206. The van der Waals surface area contributed by atoms with Crippen molar-refractivity contribution in [1.82, 2.24) is 10.2 Å². The Labute approximate surface area is 253 Å². The third kappa shape index (κ3) is 9.21. The number of nitrogens with one attached hydrogen (secondary N) is 1. The molecule has 0 radical (unpaired) electrons. The van der Waals surface area contributed by atoms with Crippen molar-refractivity contribution in [3.05, 3.63) is 99.0 Å². The molecule has 2 amide bonds. The Morgan fingerprint density at radius 2 is 1.59 bits per heavy atom. The van der Waals surface area contributed by atoms with Crippen molar-refractivity contribution in [3.63, 3.8) is 0 Å². The number of nitrogens with zero attached hydrogens (tertiary/aromatic N) is 2. The SMILES string of the molecule is Cc1ccc(N(CC(=O)N(Cc2ccc(Cl)c(Cl)c2)[C@@H](Cc2ccccc2)C(=O)NCC(C)C)S(C)(=O)=O)c(C)c1. The first kappa shape index (κ1) is 32.4. The number of benzene rings is 3. The zero-order chi connectivity index (χ0) is 30.3. The highest BCUT2D eigenvalue weighted by Crippen LogP contribution is 2.26. The van der Waals surface area contributed by atoms with Crippen molar-refractivity contribution >= 4 is 50.7 Å². The molecular weight excluding hydrogens is 581 g/mol. The lowest BCUT2D eigenvalue weighted by Gasteiger charge is -2.34. The number of hydrogen-bond acceptors (Lipinski definition) is 4. The molecule has 10 heteroatoms. The molecule has 0 aliphatic carbocycles. The number of sulfonamides is 1. The van der Waals surface area contributed by atoms with Crippen molar-refractivity contribution in [2.75, 3.05) is 23.7 Å². The van der Waals surface area contributed by atoms with Crippen molar-refractivity contribution < 1.29 is 18.0 Å². The van der Waals surface area contributed by atoms with E-state index in [-0.39, 0.29) is 24.8 Å². The molecule has 0 aliphatic heterocycles. The molecular formula is C31H37Cl2N3O4S. The van der Waals surface area contributed by atoms with Crippen molar-refractivity contribution in [2.45, 2.75) is 46.7 Å². The van der Waals surface area contributed by atoms with E-state index in [1.165, 1.54) is 4.90 Å². The summed E-state index contributed by atoms with van der Waals surface area (Å²) in [6, 6.07) is 18.9. The Morgan fingerprint density at radius 3 is 2.17 bits per heavy atom. The molecule has 0 bridgehead atoms. The number of carbonyl (C=O) groups is 2. The molecule has 0 saturated carbocycles. The van der Waals surface area contributed by atoms with E-state index in [0.29, 0.717) is 27.8 Å². The van der Waals surface area contributed by atoms with Crippen LogP contribution in [0.5, 0.6) is 0 Å². The van der Waals surface area contributed by atoms with E-state index in [9.17, 15) is 18.0 Å². The van der Waals surface area contributed by atoms with Crippen LogP contribution < -0.4 is 9.62 Å². The Kier molecular flexibility index (Phi) is 11.2. The van der Waals surface area contributed by atoms with Crippen LogP contribution >= 0.6 is 23.2 Å². The number of aryl methyl sites for hydroxylation is 2. The summed E-state index contributed by atoms with van der Waals surface area (Å²) in [6.45, 7) is 7.65. The number of carbonyl (C=O) groups excluding carboxylic acids is 2. The predicted molar refractivity (Wildman–Crippen MR) is 167 cm³/mol. The molecule has 220 valence electrons. The summed E-state index contributed by atoms with van der Waals surface area (Å²) in [4.78, 5) is 29.3. The van der Waals surface area contributed by atoms with E-state index >= 15 is 0 Å². The van der Waals surface area contributed by atoms with Gasteiger partial charge in [-0.3, -0.25) is 13.9 Å². The molecule has 0 spiro atoms. The summed E-state index contributed by atoms with van der Waals surface area (Å²) >= 11 is 12.4. The molecule has 0 saturated heterocycles. The van der Waals surface area contributed by atoms with Gasteiger partial charge in [-0.25, -0.2) is 8.42 Å². The van der Waals surface area contributed by atoms with Gasteiger partial charge in [0, 0.05) is 19.5 Å². The van der Waals surface area contributed by atoms with Crippen LogP contribution in [0.4, 0.5) is 5.69 Å². The topological polar surface area (TPSA) is 86.8 Å². The van der Waals surface area contributed by atoms with Gasteiger partial charge in [0.15, 0.2) is 0 Å². The summed E-state index contributed by atoms with van der Waals surface area (Å²) in [7, 11) is -3.85. The van der Waals surface area contributed by atoms with Crippen LogP contribution in [-0.2, 0) is 32.6 Å². The van der Waals surface area contributed by atoms with Gasteiger partial charge in [-0.2, -0.15) is 0 Å². The van der Waals surface area contributed by atoms with Gasteiger partial charge in [-0.15, -0.1) is 0 Å². The number of rotatable bonds is 12. The number of amides is 2. The maximum Gasteiger partial charge on any atom is 0.244 e. The molecule has 0 heterocycles. The average Bonchev–Trinajstić information content (AvgIpc) is 2.90. The highest BCUT2D eigenvalue weighted by molar-refractivity contribution is 7.92. The molecule has 41 heavy (non-hydrogen) atoms. The van der Waals surface area contributed by atoms with E-state index < -0.39 is 28.5 Å². The molecule has 0 aliphatic rings. The van der Waals surface area contributed by atoms with Gasteiger partial charge in [0.25, 0.3) is 0 Å². The molecule has 1 N–H and O–H groups in total. The zero-order valence-corrected chi connectivity index (χ0v) is 26.4. The molecule has 0 fully saturated rings. The normalized spacial score (nSPS) is 12.2. The zero-order valence-electron chi connectivity index (χ0n) is 24.0. The fraction of sp³-hybridized carbons (Fsp3) is 0.355. The van der Waals surface area contributed by atoms with Crippen molar-refractivity contribution in [3.8, 4) is 0 Å². The quantitative estimate of drug-likeness (QED) is 0.279. The van der Waals surface area contributed by atoms with Crippen LogP contribution in [0.25, 0.3) is 0 Å². The fourth-order valence-corrected chi connectivity index (χ4v) is 5.72. The summed E-state index contributed by atoms with van der Waals surface area (Å²) in [5.74, 6) is -0.656. The van der Waals surface area contributed by atoms with E-state index in [2.05, 4.69) is 5.32 Å². The van der Waals surface area contributed by atoms with Gasteiger partial charge in [0.1, 0.15) is 12.6 Å². The lowest BCUT2D eigenvalue weighted by atomic mass is 10.0. The molecule has 3 aromatic rings. The van der Waals surface area contributed by atoms with Crippen LogP contribution in [0.15, 0.2) is 66.7 Å². The second-order valence-corrected chi connectivity index (χ2v) is 13.4. The Bertz CT molecular complexity index is 1480. The first-order valence-electron chi connectivity index (χ1n) is 13.4. The van der Waals surface area contributed by atoms with Crippen LogP contribution in [0.2, 0.25) is 10.0 Å². The monoisotopic (exact) mass is 617 g/mol. The van der Waals surface area contributed by atoms with E-state index in [1.54, 1.807) is 37.3 Å². The highest BCUT2D eigenvalue weighted by Gasteiger charge is 2.33. The van der Waals surface area contributed by atoms with Gasteiger partial charge in [-0.1, -0.05) is 91.1 Å². The summed E-state index contributed by atoms with van der Waals surface area (Å²) in [5.41, 5.74) is 3.61. The van der Waals surface area contributed by atoms with Gasteiger partial charge in [0.05, 0.1) is 22.0 Å². The second-order valence-electron chi connectivity index (χ2n) is 10.7. The van der Waals surface area contributed by atoms with Crippen LogP contribution in [0.1, 0.15) is 36.1 Å². The third-order valence-electron chi connectivity index (χ3n) is 6.59. The molecule has 0 unspecified atom stereocenters. The van der Waals surface area contributed by atoms with E-state index in [1.807, 2.05) is 57.2 Å². The van der Waals surface area contributed by atoms with Gasteiger partial charge in [-0.05, 0) is 54.7 Å². The van der Waals surface area contributed by atoms with Gasteiger partial charge < -0.3 is 10.2 Å². The fourth-order valence-electron chi connectivity index (χ4n) is 4.49. The third-order valence-corrected chi connectivity index (χ3v) is 8.46. The predicted octanol–water partition coefficient (Wildman–Crippen LogP) is 5.79. The Hall–Kier alpha value is -3.07. The van der Waals surface area contributed by atoms with E-state index in [0.717, 1.165) is 27.3 Å². The minimum atomic E-state index is -3.85. The highest BCUT2D eigenvalue weighted by atomic mass is 35.5. The molecule has 0 aromatic heterocycles. The van der Waals surface area contributed by atoms with Crippen molar-refractivity contribution in [1.29, 1.82) is 0 Å². The summed E-state index contributed by atoms with van der Waals surface area (Å²) in [6.07, 6.45) is 1.31. The summed E-state index contributed by atoms with van der Waals surface area (Å²) < 4.78 is 27.1. The largest absolute Gasteiger partial charge is 0.354 e. The van der Waals surface area contributed by atoms with Gasteiger partial charge in [0.2, 0.25) is 21.8 Å². The minimum Gasteiger partial charge on any atom is -0.354 e. The summed E-state index contributed by atoms with van der Waals surface area (Å²) in [5, 5.41) is 3.64. The lowest BCUT2D eigenvalue weighted by Crippen LogP contribution is -2.53. The molecule has 3 rings (SSSR count). The van der Waals surface area contributed by atoms with Crippen LogP contribution in [0.3, 0.4) is 0 Å². The molecule has 7 nitrogen and oxygen atoms in total.